The first-order valence-electron chi connectivity index (χ1n) is 3.20. The molecule has 1 aromatic rings. The second-order valence-corrected chi connectivity index (χ2v) is 2.41. The van der Waals surface area contributed by atoms with Gasteiger partial charge in [0.05, 0.1) is 11.3 Å². The number of rotatable bonds is 1. The van der Waals surface area contributed by atoms with Crippen molar-refractivity contribution in [1.82, 2.24) is 10.2 Å². The summed E-state index contributed by atoms with van der Waals surface area (Å²) in [5.41, 5.74) is -0.498. The van der Waals surface area contributed by atoms with Gasteiger partial charge in [0, 0.05) is 5.69 Å². The highest BCUT2D eigenvalue weighted by atomic mass is 19.4. The zero-order valence-corrected chi connectivity index (χ0v) is 6.37. The van der Waals surface area contributed by atoms with Gasteiger partial charge < -0.3 is 0 Å². The lowest BCUT2D eigenvalue weighted by atomic mass is 10.2. The van der Waals surface area contributed by atoms with Crippen LogP contribution in [-0.4, -0.2) is 16.4 Å². The topological polar surface area (TPSA) is 28.7 Å². The molecule has 66 valence electrons. The van der Waals surface area contributed by atoms with Gasteiger partial charge in [-0.15, -0.1) is 0 Å². The minimum absolute atomic E-state index is 0.153. The Bertz CT molecular complexity index is 298. The van der Waals surface area contributed by atoms with Crippen LogP contribution in [0.3, 0.4) is 0 Å². The third-order valence-corrected chi connectivity index (χ3v) is 1.36. The maximum absolute atomic E-state index is 12.0. The summed E-state index contributed by atoms with van der Waals surface area (Å²) in [6, 6.07) is 1.30. The summed E-state index contributed by atoms with van der Waals surface area (Å²) in [4.78, 5) is 0. The number of alkyl halides is 3. The largest absolute Gasteiger partial charge is 0.417 e. The van der Waals surface area contributed by atoms with Crippen LogP contribution >= 0.6 is 0 Å². The average Bonchev–Trinajstić information content (AvgIpc) is 2.32. The molecule has 0 amide bonds. The fourth-order valence-corrected chi connectivity index (χ4v) is 0.718. The van der Waals surface area contributed by atoms with E-state index in [2.05, 4.69) is 16.8 Å². The van der Waals surface area contributed by atoms with E-state index in [4.69, 9.17) is 0 Å². The van der Waals surface area contributed by atoms with Crippen LogP contribution in [0, 0.1) is 6.92 Å². The van der Waals surface area contributed by atoms with Gasteiger partial charge in [-0.2, -0.15) is 18.3 Å². The van der Waals surface area contributed by atoms with E-state index < -0.39 is 11.7 Å². The summed E-state index contributed by atoms with van der Waals surface area (Å²) in [6.07, 6.45) is -4.40. The molecule has 1 heterocycles. The fraction of sp³-hybridized carbons (Fsp3) is 0.286. The lowest BCUT2D eigenvalue weighted by Crippen LogP contribution is -2.09. The van der Waals surface area contributed by atoms with Crippen molar-refractivity contribution in [2.45, 2.75) is 13.1 Å². The Balaban J connectivity index is 2.93. The van der Waals surface area contributed by atoms with Crippen LogP contribution in [-0.2, 0) is 0 Å². The number of nitrogens with zero attached hydrogens (tertiary/aromatic N) is 1. The number of nitrogens with one attached hydrogen (secondary N) is 1. The number of aromatic amines is 1. The number of H-pyrrole nitrogens is 1. The standard InChI is InChI=1S/C7H7F3N2/c1-4-3-6(12-11-4)5(2)7(8,9)10/h3H,2H2,1H3,(H,11,12). The molecule has 0 radical (unpaired) electrons. The van der Waals surface area contributed by atoms with Gasteiger partial charge in [0.25, 0.3) is 0 Å². The Morgan fingerprint density at radius 1 is 1.58 bits per heavy atom. The third kappa shape index (κ3) is 1.66. The molecular weight excluding hydrogens is 169 g/mol. The number of aromatic nitrogens is 2. The van der Waals surface area contributed by atoms with Crippen molar-refractivity contribution in [1.29, 1.82) is 0 Å². The normalized spacial score (nSPS) is 11.7. The van der Waals surface area contributed by atoms with Crippen molar-refractivity contribution in [3.8, 4) is 0 Å². The summed E-state index contributed by atoms with van der Waals surface area (Å²) in [6.45, 7) is 4.53. The molecule has 0 aliphatic rings. The molecule has 0 fully saturated rings. The zero-order chi connectivity index (χ0) is 9.35. The van der Waals surface area contributed by atoms with Gasteiger partial charge in [0.2, 0.25) is 0 Å². The number of halogens is 3. The van der Waals surface area contributed by atoms with Crippen molar-refractivity contribution < 1.29 is 13.2 Å². The number of hydrogen-bond acceptors (Lipinski definition) is 1. The minimum atomic E-state index is -4.40. The van der Waals surface area contributed by atoms with E-state index in [1.54, 1.807) is 6.92 Å². The molecule has 0 aromatic carbocycles. The number of hydrogen-bond donors (Lipinski definition) is 1. The van der Waals surface area contributed by atoms with E-state index in [0.717, 1.165) is 0 Å². The first-order valence-corrected chi connectivity index (χ1v) is 3.20. The third-order valence-electron chi connectivity index (χ3n) is 1.36. The van der Waals surface area contributed by atoms with Crippen molar-refractivity contribution in [2.75, 3.05) is 0 Å². The van der Waals surface area contributed by atoms with Gasteiger partial charge in [-0.05, 0) is 13.0 Å². The molecule has 1 rings (SSSR count). The summed E-state index contributed by atoms with van der Waals surface area (Å²) in [5.74, 6) is 0. The van der Waals surface area contributed by atoms with Gasteiger partial charge in [-0.3, -0.25) is 5.10 Å². The van der Waals surface area contributed by atoms with Crippen LogP contribution in [0.15, 0.2) is 12.6 Å². The summed E-state index contributed by atoms with van der Waals surface area (Å²) in [7, 11) is 0. The average molecular weight is 176 g/mol. The molecule has 0 bridgehead atoms. The highest BCUT2D eigenvalue weighted by Crippen LogP contribution is 2.30. The van der Waals surface area contributed by atoms with Crippen molar-refractivity contribution in [3.63, 3.8) is 0 Å². The molecule has 0 saturated carbocycles. The van der Waals surface area contributed by atoms with Gasteiger partial charge in [-0.1, -0.05) is 6.58 Å². The predicted octanol–water partition coefficient (Wildman–Crippen LogP) is 2.29. The van der Waals surface area contributed by atoms with E-state index >= 15 is 0 Å². The van der Waals surface area contributed by atoms with Crippen molar-refractivity contribution >= 4 is 5.57 Å². The second kappa shape index (κ2) is 2.66. The number of aryl methyl sites for hydroxylation is 1. The SMILES string of the molecule is C=C(c1cc(C)[nH]n1)C(F)(F)F. The highest BCUT2D eigenvalue weighted by molar-refractivity contribution is 5.64. The van der Waals surface area contributed by atoms with E-state index in [1.807, 2.05) is 0 Å². The first kappa shape index (κ1) is 8.83. The van der Waals surface area contributed by atoms with Crippen LogP contribution in [0.2, 0.25) is 0 Å². The van der Waals surface area contributed by atoms with Crippen LogP contribution in [0.1, 0.15) is 11.4 Å². The molecule has 1 N–H and O–H groups in total. The van der Waals surface area contributed by atoms with Crippen LogP contribution in [0.25, 0.3) is 5.57 Å². The van der Waals surface area contributed by atoms with Crippen molar-refractivity contribution in [2.24, 2.45) is 0 Å². The summed E-state index contributed by atoms with van der Waals surface area (Å²) < 4.78 is 36.0. The van der Waals surface area contributed by atoms with Crippen LogP contribution < -0.4 is 0 Å². The summed E-state index contributed by atoms with van der Waals surface area (Å²) >= 11 is 0. The quantitative estimate of drug-likeness (QED) is 0.698. The predicted molar refractivity (Wildman–Crippen MR) is 38.4 cm³/mol. The minimum Gasteiger partial charge on any atom is -0.282 e. The number of allylic oxidation sites excluding steroid dienone is 1. The second-order valence-electron chi connectivity index (χ2n) is 2.41. The molecule has 0 aliphatic carbocycles. The fourth-order valence-electron chi connectivity index (χ4n) is 0.718. The van der Waals surface area contributed by atoms with Gasteiger partial charge >= 0.3 is 6.18 Å². The molecule has 1 aromatic heterocycles. The Morgan fingerprint density at radius 3 is 2.50 bits per heavy atom. The van der Waals surface area contributed by atoms with E-state index in [9.17, 15) is 13.2 Å². The Labute approximate surface area is 67.1 Å². The molecule has 0 unspecified atom stereocenters. The summed E-state index contributed by atoms with van der Waals surface area (Å²) in [5, 5.41) is 5.85. The van der Waals surface area contributed by atoms with Crippen molar-refractivity contribution in [3.05, 3.63) is 24.0 Å². The molecule has 0 atom stereocenters. The van der Waals surface area contributed by atoms with Crippen LogP contribution in [0.4, 0.5) is 13.2 Å². The van der Waals surface area contributed by atoms with E-state index in [-0.39, 0.29) is 5.69 Å². The van der Waals surface area contributed by atoms with Gasteiger partial charge in [-0.25, -0.2) is 0 Å². The van der Waals surface area contributed by atoms with E-state index in [0.29, 0.717) is 5.69 Å². The zero-order valence-electron chi connectivity index (χ0n) is 6.37. The Morgan fingerprint density at radius 2 is 2.17 bits per heavy atom. The first-order chi connectivity index (χ1) is 5.41. The van der Waals surface area contributed by atoms with Crippen LogP contribution in [0.5, 0.6) is 0 Å². The maximum atomic E-state index is 12.0. The highest BCUT2D eigenvalue weighted by Gasteiger charge is 2.34. The monoisotopic (exact) mass is 176 g/mol. The smallest absolute Gasteiger partial charge is 0.282 e. The Hall–Kier alpha value is -1.26. The molecule has 0 aliphatic heterocycles. The lowest BCUT2D eigenvalue weighted by molar-refractivity contribution is -0.0688. The maximum Gasteiger partial charge on any atom is 0.417 e. The molecule has 0 spiro atoms. The van der Waals surface area contributed by atoms with E-state index in [1.165, 1.54) is 6.07 Å². The molecule has 5 heteroatoms. The van der Waals surface area contributed by atoms with Gasteiger partial charge in [0.1, 0.15) is 0 Å². The van der Waals surface area contributed by atoms with Gasteiger partial charge in [0.15, 0.2) is 0 Å². The molecule has 12 heavy (non-hydrogen) atoms. The molecule has 2 nitrogen and oxygen atoms in total. The Kier molecular flexibility index (Phi) is 1.95. The lowest BCUT2D eigenvalue weighted by Gasteiger charge is -2.05. The molecule has 0 saturated heterocycles. The molecular formula is C7H7F3N2.